The molecular formula is C19H29N3O3. The van der Waals surface area contributed by atoms with Gasteiger partial charge in [-0.3, -0.25) is 9.59 Å². The van der Waals surface area contributed by atoms with Crippen molar-refractivity contribution in [3.8, 4) is 0 Å². The SMILES string of the molecule is Cc1noc(C)c1CC(=O)N1CCCC(C)(C(=O)NC2CCCC2)C1. The molecule has 1 N–H and O–H groups in total. The minimum absolute atomic E-state index is 0.0500. The van der Waals surface area contributed by atoms with E-state index in [1.807, 2.05) is 25.7 Å². The maximum absolute atomic E-state index is 12.8. The number of carbonyl (C=O) groups excluding carboxylic acids is 2. The van der Waals surface area contributed by atoms with Crippen LogP contribution in [0.2, 0.25) is 0 Å². The summed E-state index contributed by atoms with van der Waals surface area (Å²) in [6.07, 6.45) is 6.55. The monoisotopic (exact) mass is 347 g/mol. The molecule has 1 aromatic rings. The van der Waals surface area contributed by atoms with Gasteiger partial charge in [0.05, 0.1) is 17.5 Å². The quantitative estimate of drug-likeness (QED) is 0.908. The fourth-order valence-electron chi connectivity index (χ4n) is 4.08. The molecule has 0 aromatic carbocycles. The first kappa shape index (κ1) is 18.0. The second kappa shape index (κ2) is 7.18. The van der Waals surface area contributed by atoms with Gasteiger partial charge >= 0.3 is 0 Å². The van der Waals surface area contributed by atoms with E-state index in [-0.39, 0.29) is 11.8 Å². The van der Waals surface area contributed by atoms with E-state index in [0.29, 0.717) is 31.3 Å². The highest BCUT2D eigenvalue weighted by Crippen LogP contribution is 2.31. The Labute approximate surface area is 149 Å². The molecule has 2 amide bonds. The minimum atomic E-state index is -0.491. The summed E-state index contributed by atoms with van der Waals surface area (Å²) in [7, 11) is 0. The highest BCUT2D eigenvalue weighted by Gasteiger charge is 2.40. The molecule has 6 nitrogen and oxygen atoms in total. The van der Waals surface area contributed by atoms with Gasteiger partial charge in [-0.05, 0) is 46.5 Å². The average molecular weight is 347 g/mol. The molecule has 25 heavy (non-hydrogen) atoms. The van der Waals surface area contributed by atoms with Gasteiger partial charge in [-0.1, -0.05) is 18.0 Å². The smallest absolute Gasteiger partial charge is 0.227 e. The molecule has 1 aliphatic carbocycles. The second-order valence-electron chi connectivity index (χ2n) is 7.91. The Morgan fingerprint density at radius 2 is 2.00 bits per heavy atom. The van der Waals surface area contributed by atoms with Crippen molar-refractivity contribution < 1.29 is 14.1 Å². The number of hydrogen-bond donors (Lipinski definition) is 1. The van der Waals surface area contributed by atoms with Crippen LogP contribution in [0.1, 0.15) is 62.5 Å². The van der Waals surface area contributed by atoms with E-state index in [1.54, 1.807) is 0 Å². The molecule has 1 aromatic heterocycles. The molecule has 1 atom stereocenters. The van der Waals surface area contributed by atoms with Gasteiger partial charge in [-0.2, -0.15) is 0 Å². The predicted molar refractivity (Wildman–Crippen MR) is 94.0 cm³/mol. The third-order valence-electron chi connectivity index (χ3n) is 5.80. The maximum Gasteiger partial charge on any atom is 0.227 e. The molecule has 0 bridgehead atoms. The van der Waals surface area contributed by atoms with Crippen LogP contribution < -0.4 is 5.32 Å². The Morgan fingerprint density at radius 3 is 2.64 bits per heavy atom. The Kier molecular flexibility index (Phi) is 5.16. The van der Waals surface area contributed by atoms with Crippen LogP contribution in [0.4, 0.5) is 0 Å². The zero-order valence-electron chi connectivity index (χ0n) is 15.6. The number of amides is 2. The molecule has 2 aliphatic rings. The summed E-state index contributed by atoms with van der Waals surface area (Å²) in [5.74, 6) is 0.854. The zero-order valence-corrected chi connectivity index (χ0v) is 15.6. The highest BCUT2D eigenvalue weighted by atomic mass is 16.5. The number of hydrogen-bond acceptors (Lipinski definition) is 4. The van der Waals surface area contributed by atoms with Crippen molar-refractivity contribution in [2.45, 2.75) is 71.8 Å². The maximum atomic E-state index is 12.8. The van der Waals surface area contributed by atoms with Crippen molar-refractivity contribution in [1.29, 1.82) is 0 Å². The molecule has 6 heteroatoms. The Morgan fingerprint density at radius 1 is 1.28 bits per heavy atom. The minimum Gasteiger partial charge on any atom is -0.361 e. The number of nitrogens with one attached hydrogen (secondary N) is 1. The van der Waals surface area contributed by atoms with E-state index < -0.39 is 5.41 Å². The van der Waals surface area contributed by atoms with Crippen LogP contribution >= 0.6 is 0 Å². The first-order valence-electron chi connectivity index (χ1n) is 9.39. The number of aryl methyl sites for hydroxylation is 2. The number of aromatic nitrogens is 1. The molecule has 1 aliphatic heterocycles. The normalized spacial score (nSPS) is 24.5. The number of carbonyl (C=O) groups is 2. The summed E-state index contributed by atoms with van der Waals surface area (Å²) in [5.41, 5.74) is 1.15. The first-order chi connectivity index (χ1) is 11.9. The summed E-state index contributed by atoms with van der Waals surface area (Å²) in [6.45, 7) is 6.89. The van der Waals surface area contributed by atoms with Crippen LogP contribution in [0.15, 0.2) is 4.52 Å². The highest BCUT2D eigenvalue weighted by molar-refractivity contribution is 5.85. The van der Waals surface area contributed by atoms with Gasteiger partial charge in [0.2, 0.25) is 11.8 Å². The fourth-order valence-corrected chi connectivity index (χ4v) is 4.08. The molecule has 3 rings (SSSR count). The fraction of sp³-hybridized carbons (Fsp3) is 0.737. The largest absolute Gasteiger partial charge is 0.361 e. The average Bonchev–Trinajstić information content (AvgIpc) is 3.20. The van der Waals surface area contributed by atoms with Gasteiger partial charge in [0.25, 0.3) is 0 Å². The van der Waals surface area contributed by atoms with Crippen LogP contribution in [-0.4, -0.2) is 41.0 Å². The zero-order chi connectivity index (χ0) is 18.0. The van der Waals surface area contributed by atoms with Crippen LogP contribution in [0, 0.1) is 19.3 Å². The third-order valence-corrected chi connectivity index (χ3v) is 5.80. The summed E-state index contributed by atoms with van der Waals surface area (Å²) in [5, 5.41) is 7.13. The van der Waals surface area contributed by atoms with Gasteiger partial charge in [0.15, 0.2) is 0 Å². The van der Waals surface area contributed by atoms with Crippen molar-refractivity contribution in [2.24, 2.45) is 5.41 Å². The van der Waals surface area contributed by atoms with E-state index in [9.17, 15) is 9.59 Å². The number of rotatable bonds is 4. The first-order valence-corrected chi connectivity index (χ1v) is 9.39. The van der Waals surface area contributed by atoms with E-state index >= 15 is 0 Å². The molecule has 2 fully saturated rings. The second-order valence-corrected chi connectivity index (χ2v) is 7.91. The van der Waals surface area contributed by atoms with Gasteiger partial charge < -0.3 is 14.7 Å². The van der Waals surface area contributed by atoms with Gasteiger partial charge in [-0.15, -0.1) is 0 Å². The van der Waals surface area contributed by atoms with Crippen LogP contribution in [0.3, 0.4) is 0 Å². The molecule has 0 spiro atoms. The summed E-state index contributed by atoms with van der Waals surface area (Å²) < 4.78 is 5.15. The lowest BCUT2D eigenvalue weighted by molar-refractivity contribution is -0.140. The van der Waals surface area contributed by atoms with Gasteiger partial charge in [0, 0.05) is 24.7 Å². The Hall–Kier alpha value is -1.85. The van der Waals surface area contributed by atoms with Crippen molar-refractivity contribution in [1.82, 2.24) is 15.4 Å². The van der Waals surface area contributed by atoms with Crippen molar-refractivity contribution in [3.05, 3.63) is 17.0 Å². The Bertz CT molecular complexity index is 629. The summed E-state index contributed by atoms with van der Waals surface area (Å²) >= 11 is 0. The lowest BCUT2D eigenvalue weighted by atomic mass is 9.80. The molecule has 0 radical (unpaired) electrons. The number of likely N-dealkylation sites (tertiary alicyclic amines) is 1. The van der Waals surface area contributed by atoms with Crippen molar-refractivity contribution in [2.75, 3.05) is 13.1 Å². The molecule has 1 saturated heterocycles. The van der Waals surface area contributed by atoms with E-state index in [2.05, 4.69) is 10.5 Å². The van der Waals surface area contributed by atoms with E-state index in [4.69, 9.17) is 4.52 Å². The Balaban J connectivity index is 1.63. The summed E-state index contributed by atoms with van der Waals surface area (Å²) in [4.78, 5) is 27.4. The van der Waals surface area contributed by atoms with Crippen molar-refractivity contribution in [3.63, 3.8) is 0 Å². The van der Waals surface area contributed by atoms with Crippen LogP contribution in [0.25, 0.3) is 0 Å². The van der Waals surface area contributed by atoms with Gasteiger partial charge in [-0.25, -0.2) is 0 Å². The number of nitrogens with zero attached hydrogens (tertiary/aromatic N) is 2. The molecule has 2 heterocycles. The molecule has 138 valence electrons. The predicted octanol–water partition coefficient (Wildman–Crippen LogP) is 2.52. The van der Waals surface area contributed by atoms with Crippen LogP contribution in [0.5, 0.6) is 0 Å². The van der Waals surface area contributed by atoms with Crippen LogP contribution in [-0.2, 0) is 16.0 Å². The topological polar surface area (TPSA) is 75.4 Å². The molecule has 1 unspecified atom stereocenters. The molecular weight excluding hydrogens is 318 g/mol. The van der Waals surface area contributed by atoms with Crippen molar-refractivity contribution >= 4 is 11.8 Å². The standard InChI is InChI=1S/C19H29N3O3/c1-13-16(14(2)25-21-13)11-17(23)22-10-6-9-19(3,12-22)18(24)20-15-7-4-5-8-15/h15H,4-12H2,1-3H3,(H,20,24). The summed E-state index contributed by atoms with van der Waals surface area (Å²) in [6, 6.07) is 0.317. The lowest BCUT2D eigenvalue weighted by Gasteiger charge is -2.40. The number of piperidine rings is 1. The van der Waals surface area contributed by atoms with E-state index in [1.165, 1.54) is 12.8 Å². The van der Waals surface area contributed by atoms with E-state index in [0.717, 1.165) is 36.9 Å². The molecule has 1 saturated carbocycles. The van der Waals surface area contributed by atoms with Gasteiger partial charge in [0.1, 0.15) is 5.76 Å². The lowest BCUT2D eigenvalue weighted by Crippen LogP contribution is -2.53. The third kappa shape index (κ3) is 3.88.